The van der Waals surface area contributed by atoms with E-state index in [1.54, 1.807) is 12.1 Å². The van der Waals surface area contributed by atoms with Crippen molar-refractivity contribution in [2.75, 3.05) is 6.61 Å². The van der Waals surface area contributed by atoms with E-state index in [2.05, 4.69) is 5.32 Å². The van der Waals surface area contributed by atoms with E-state index in [9.17, 15) is 9.59 Å². The maximum absolute atomic E-state index is 11.4. The van der Waals surface area contributed by atoms with Gasteiger partial charge in [-0.05, 0) is 32.0 Å². The van der Waals surface area contributed by atoms with Crippen LogP contribution >= 0.6 is 11.6 Å². The Bertz CT molecular complexity index is 432. The highest BCUT2D eigenvalue weighted by atomic mass is 35.5. The minimum atomic E-state index is -0.0772. The van der Waals surface area contributed by atoms with Gasteiger partial charge in [0, 0.05) is 11.1 Å². The molecule has 1 aromatic carbocycles. The molecule has 0 heterocycles. The van der Waals surface area contributed by atoms with Gasteiger partial charge in [0.25, 0.3) is 0 Å². The van der Waals surface area contributed by atoms with Gasteiger partial charge in [-0.3, -0.25) is 9.59 Å². The third kappa shape index (κ3) is 4.75. The number of carbonyl (C=O) groups excluding carboxylic acids is 2. The molecule has 0 saturated heterocycles. The van der Waals surface area contributed by atoms with E-state index in [0.29, 0.717) is 22.6 Å². The zero-order chi connectivity index (χ0) is 13.5. The maximum atomic E-state index is 11.4. The standard InChI is InChI=1S/C13H16ClNO3/c1-9(2)15-13(17)5-6-18-12-4-3-11(14)7-10(12)8-16/h3-4,7-9H,5-6H2,1-2H3,(H,15,17). The number of nitrogens with one attached hydrogen (secondary N) is 1. The van der Waals surface area contributed by atoms with Crippen molar-refractivity contribution in [3.63, 3.8) is 0 Å². The van der Waals surface area contributed by atoms with Crippen LogP contribution in [0.15, 0.2) is 18.2 Å². The lowest BCUT2D eigenvalue weighted by Crippen LogP contribution is -2.31. The Labute approximate surface area is 111 Å². The van der Waals surface area contributed by atoms with Gasteiger partial charge in [0.2, 0.25) is 5.91 Å². The lowest BCUT2D eigenvalue weighted by molar-refractivity contribution is -0.122. The highest BCUT2D eigenvalue weighted by molar-refractivity contribution is 6.30. The van der Waals surface area contributed by atoms with Crippen LogP contribution in [-0.2, 0) is 4.79 Å². The zero-order valence-electron chi connectivity index (χ0n) is 10.4. The Morgan fingerprint density at radius 2 is 2.22 bits per heavy atom. The molecule has 1 aromatic rings. The molecule has 1 N–H and O–H groups in total. The molecule has 0 spiro atoms. The summed E-state index contributed by atoms with van der Waals surface area (Å²) < 4.78 is 5.38. The molecule has 18 heavy (non-hydrogen) atoms. The van der Waals surface area contributed by atoms with Gasteiger partial charge in [0.05, 0.1) is 18.6 Å². The van der Waals surface area contributed by atoms with E-state index >= 15 is 0 Å². The topological polar surface area (TPSA) is 55.4 Å². The highest BCUT2D eigenvalue weighted by Crippen LogP contribution is 2.21. The molecule has 0 atom stereocenters. The molecule has 0 aliphatic heterocycles. The minimum Gasteiger partial charge on any atom is -0.492 e. The summed E-state index contributed by atoms with van der Waals surface area (Å²) in [5, 5.41) is 3.23. The average Bonchev–Trinajstić information content (AvgIpc) is 2.30. The molecule has 0 fully saturated rings. The molecule has 0 aliphatic carbocycles. The van der Waals surface area contributed by atoms with Crippen molar-refractivity contribution in [3.05, 3.63) is 28.8 Å². The van der Waals surface area contributed by atoms with Crippen LogP contribution in [0.25, 0.3) is 0 Å². The number of halogens is 1. The Hall–Kier alpha value is -1.55. The third-order valence-corrected chi connectivity index (χ3v) is 2.37. The fourth-order valence-corrected chi connectivity index (χ4v) is 1.57. The van der Waals surface area contributed by atoms with Crippen LogP contribution < -0.4 is 10.1 Å². The molecule has 0 radical (unpaired) electrons. The molecular formula is C13H16ClNO3. The Morgan fingerprint density at radius 3 is 2.83 bits per heavy atom. The minimum absolute atomic E-state index is 0.0772. The van der Waals surface area contributed by atoms with Crippen LogP contribution in [0.5, 0.6) is 5.75 Å². The second kappa shape index (κ2) is 7.01. The zero-order valence-corrected chi connectivity index (χ0v) is 11.2. The Morgan fingerprint density at radius 1 is 1.50 bits per heavy atom. The molecule has 0 bridgehead atoms. The fourth-order valence-electron chi connectivity index (χ4n) is 1.39. The number of rotatable bonds is 6. The van der Waals surface area contributed by atoms with Crippen LogP contribution in [0.1, 0.15) is 30.6 Å². The van der Waals surface area contributed by atoms with E-state index in [1.165, 1.54) is 6.07 Å². The summed E-state index contributed by atoms with van der Waals surface area (Å²) in [5.41, 5.74) is 0.381. The van der Waals surface area contributed by atoms with Gasteiger partial charge < -0.3 is 10.1 Å². The van der Waals surface area contributed by atoms with E-state index in [-0.39, 0.29) is 25.0 Å². The SMILES string of the molecule is CC(C)NC(=O)CCOc1ccc(Cl)cc1C=O. The second-order valence-corrected chi connectivity index (χ2v) is 4.56. The molecule has 0 aliphatic rings. The monoisotopic (exact) mass is 269 g/mol. The molecule has 1 amide bonds. The summed E-state index contributed by atoms with van der Waals surface area (Å²) in [6.45, 7) is 4.01. The normalized spacial score (nSPS) is 10.2. The number of aldehydes is 1. The Kier molecular flexibility index (Phi) is 5.65. The first kappa shape index (κ1) is 14.5. The lowest BCUT2D eigenvalue weighted by atomic mass is 10.2. The number of hydrogen-bond donors (Lipinski definition) is 1. The van der Waals surface area contributed by atoms with Gasteiger partial charge in [0.1, 0.15) is 5.75 Å². The summed E-state index contributed by atoms with van der Waals surface area (Å²) in [6.07, 6.45) is 0.925. The smallest absolute Gasteiger partial charge is 0.223 e. The van der Waals surface area contributed by atoms with Crippen molar-refractivity contribution in [3.8, 4) is 5.75 Å². The number of hydrogen-bond acceptors (Lipinski definition) is 3. The second-order valence-electron chi connectivity index (χ2n) is 4.12. The number of benzene rings is 1. The summed E-state index contributed by atoms with van der Waals surface area (Å²) in [4.78, 5) is 22.2. The lowest BCUT2D eigenvalue weighted by Gasteiger charge is -2.10. The Balaban J connectivity index is 2.49. The number of carbonyl (C=O) groups is 2. The molecule has 0 saturated carbocycles. The summed E-state index contributed by atoms with van der Waals surface area (Å²) in [5.74, 6) is 0.360. The number of ether oxygens (including phenoxy) is 1. The van der Waals surface area contributed by atoms with Crippen molar-refractivity contribution in [1.29, 1.82) is 0 Å². The molecule has 4 nitrogen and oxygen atoms in total. The van der Waals surface area contributed by atoms with Gasteiger partial charge in [-0.25, -0.2) is 0 Å². The summed E-state index contributed by atoms with van der Waals surface area (Å²) in [6, 6.07) is 4.89. The van der Waals surface area contributed by atoms with Crippen molar-refractivity contribution in [2.45, 2.75) is 26.3 Å². The molecule has 5 heteroatoms. The first-order valence-electron chi connectivity index (χ1n) is 5.70. The number of amides is 1. The van der Waals surface area contributed by atoms with E-state index in [1.807, 2.05) is 13.8 Å². The van der Waals surface area contributed by atoms with E-state index in [4.69, 9.17) is 16.3 Å². The maximum Gasteiger partial charge on any atom is 0.223 e. The molecule has 1 rings (SSSR count). The van der Waals surface area contributed by atoms with Gasteiger partial charge in [-0.2, -0.15) is 0 Å². The van der Waals surface area contributed by atoms with Gasteiger partial charge in [-0.15, -0.1) is 0 Å². The van der Waals surface area contributed by atoms with Crippen molar-refractivity contribution < 1.29 is 14.3 Å². The molecular weight excluding hydrogens is 254 g/mol. The van der Waals surface area contributed by atoms with Crippen LogP contribution in [0, 0.1) is 0 Å². The summed E-state index contributed by atoms with van der Waals surface area (Å²) >= 11 is 5.76. The quantitative estimate of drug-likeness (QED) is 0.807. The van der Waals surface area contributed by atoms with Gasteiger partial charge in [-0.1, -0.05) is 11.6 Å². The third-order valence-electron chi connectivity index (χ3n) is 2.14. The van der Waals surface area contributed by atoms with Crippen LogP contribution in [0.3, 0.4) is 0 Å². The average molecular weight is 270 g/mol. The first-order valence-corrected chi connectivity index (χ1v) is 6.07. The molecule has 0 unspecified atom stereocenters. The van der Waals surface area contributed by atoms with Crippen molar-refractivity contribution in [1.82, 2.24) is 5.32 Å². The van der Waals surface area contributed by atoms with E-state index < -0.39 is 0 Å². The van der Waals surface area contributed by atoms with Crippen LogP contribution in [0.2, 0.25) is 5.02 Å². The summed E-state index contributed by atoms with van der Waals surface area (Å²) in [7, 11) is 0. The first-order chi connectivity index (χ1) is 8.52. The van der Waals surface area contributed by atoms with Crippen molar-refractivity contribution >= 4 is 23.8 Å². The predicted molar refractivity (Wildman–Crippen MR) is 70.2 cm³/mol. The van der Waals surface area contributed by atoms with Gasteiger partial charge in [0.15, 0.2) is 6.29 Å². The molecule has 98 valence electrons. The molecule has 0 aromatic heterocycles. The highest BCUT2D eigenvalue weighted by Gasteiger charge is 2.06. The van der Waals surface area contributed by atoms with Crippen LogP contribution in [0.4, 0.5) is 0 Å². The van der Waals surface area contributed by atoms with Gasteiger partial charge >= 0.3 is 0 Å². The predicted octanol–water partition coefficient (Wildman–Crippen LogP) is 2.45. The van der Waals surface area contributed by atoms with Crippen LogP contribution in [-0.4, -0.2) is 24.8 Å². The fraction of sp³-hybridized carbons (Fsp3) is 0.385. The van der Waals surface area contributed by atoms with E-state index in [0.717, 1.165) is 0 Å². The van der Waals surface area contributed by atoms with Crippen molar-refractivity contribution in [2.24, 2.45) is 0 Å². The largest absolute Gasteiger partial charge is 0.492 e.